The zero-order valence-corrected chi connectivity index (χ0v) is 12.2. The van der Waals surface area contributed by atoms with Crippen molar-refractivity contribution in [2.75, 3.05) is 33.7 Å². The van der Waals surface area contributed by atoms with E-state index in [9.17, 15) is 9.59 Å². The molecule has 1 amide bonds. The Morgan fingerprint density at radius 1 is 1.28 bits per heavy atom. The zero-order chi connectivity index (χ0) is 14.4. The smallest absolute Gasteiger partial charge is 0.359 e. The molecular formula is C13H27N2O3+. The standard InChI is InChI=1S/C13H26N2O3/c1-6-13(2,3)12(18)14-8-7-9-15(4,5)10-11(16)17/h6-10H2,1-5H3,(H-,14,16,17,18)/p+1. The van der Waals surface area contributed by atoms with Crippen LogP contribution < -0.4 is 5.32 Å². The fourth-order valence-corrected chi connectivity index (χ4v) is 1.55. The van der Waals surface area contributed by atoms with Crippen LogP contribution in [0.3, 0.4) is 0 Å². The van der Waals surface area contributed by atoms with Crippen LogP contribution in [-0.2, 0) is 9.59 Å². The normalized spacial score (nSPS) is 12.3. The van der Waals surface area contributed by atoms with E-state index in [1.54, 1.807) is 0 Å². The highest BCUT2D eigenvalue weighted by Gasteiger charge is 2.25. The summed E-state index contributed by atoms with van der Waals surface area (Å²) in [5.74, 6) is -0.732. The highest BCUT2D eigenvalue weighted by molar-refractivity contribution is 5.81. The van der Waals surface area contributed by atoms with Gasteiger partial charge in [0.1, 0.15) is 0 Å². The quantitative estimate of drug-likeness (QED) is 0.506. The third kappa shape index (κ3) is 6.59. The predicted molar refractivity (Wildman–Crippen MR) is 71.2 cm³/mol. The van der Waals surface area contributed by atoms with E-state index in [2.05, 4.69) is 5.32 Å². The third-order valence-corrected chi connectivity index (χ3v) is 3.29. The Labute approximate surface area is 110 Å². The minimum Gasteiger partial charge on any atom is -0.477 e. The molecule has 5 heteroatoms. The molecule has 0 radical (unpaired) electrons. The molecule has 0 aliphatic heterocycles. The summed E-state index contributed by atoms with van der Waals surface area (Å²) in [6.45, 7) is 7.28. The van der Waals surface area contributed by atoms with Gasteiger partial charge in [0.05, 0.1) is 20.6 Å². The first-order valence-corrected chi connectivity index (χ1v) is 6.43. The lowest BCUT2D eigenvalue weighted by atomic mass is 9.89. The topological polar surface area (TPSA) is 66.4 Å². The monoisotopic (exact) mass is 259 g/mol. The van der Waals surface area contributed by atoms with Gasteiger partial charge in [0.25, 0.3) is 0 Å². The summed E-state index contributed by atoms with van der Waals surface area (Å²) < 4.78 is 0.433. The van der Waals surface area contributed by atoms with Crippen LogP contribution in [0, 0.1) is 5.41 Å². The Bertz CT molecular complexity index is 299. The first-order chi connectivity index (χ1) is 8.10. The van der Waals surface area contributed by atoms with Crippen molar-refractivity contribution in [1.29, 1.82) is 0 Å². The van der Waals surface area contributed by atoms with Gasteiger partial charge in [0, 0.05) is 18.4 Å². The number of carbonyl (C=O) groups excluding carboxylic acids is 1. The van der Waals surface area contributed by atoms with Crippen molar-refractivity contribution < 1.29 is 19.2 Å². The number of aliphatic carboxylic acids is 1. The number of nitrogens with zero attached hydrogens (tertiary/aromatic N) is 1. The molecule has 2 N–H and O–H groups in total. The van der Waals surface area contributed by atoms with E-state index in [1.807, 2.05) is 34.9 Å². The van der Waals surface area contributed by atoms with Gasteiger partial charge in [-0.3, -0.25) is 4.79 Å². The van der Waals surface area contributed by atoms with Crippen molar-refractivity contribution in [2.45, 2.75) is 33.6 Å². The molecule has 18 heavy (non-hydrogen) atoms. The number of carboxylic acids is 1. The molecule has 0 aliphatic rings. The Morgan fingerprint density at radius 3 is 2.28 bits per heavy atom. The molecule has 5 nitrogen and oxygen atoms in total. The summed E-state index contributed by atoms with van der Waals surface area (Å²) in [4.78, 5) is 22.4. The van der Waals surface area contributed by atoms with Crippen molar-refractivity contribution in [2.24, 2.45) is 5.41 Å². The lowest BCUT2D eigenvalue weighted by Crippen LogP contribution is -2.46. The number of carbonyl (C=O) groups is 2. The number of hydrogen-bond donors (Lipinski definition) is 2. The SMILES string of the molecule is CCC(C)(C)C(=O)NCCC[N+](C)(C)CC(=O)O. The van der Waals surface area contributed by atoms with Crippen molar-refractivity contribution >= 4 is 11.9 Å². The van der Waals surface area contributed by atoms with Crippen molar-refractivity contribution in [3.05, 3.63) is 0 Å². The summed E-state index contributed by atoms with van der Waals surface area (Å²) >= 11 is 0. The number of carboxylic acid groups (broad SMARTS) is 1. The van der Waals surface area contributed by atoms with E-state index < -0.39 is 5.97 Å². The van der Waals surface area contributed by atoms with E-state index >= 15 is 0 Å². The Hall–Kier alpha value is -1.10. The molecule has 0 aliphatic carbocycles. The van der Waals surface area contributed by atoms with Gasteiger partial charge in [-0.25, -0.2) is 4.79 Å². The Kier molecular flexibility index (Phi) is 6.32. The van der Waals surface area contributed by atoms with Crippen LogP contribution in [0.1, 0.15) is 33.6 Å². The molecule has 0 aromatic heterocycles. The maximum Gasteiger partial charge on any atom is 0.359 e. The highest BCUT2D eigenvalue weighted by Crippen LogP contribution is 2.19. The van der Waals surface area contributed by atoms with E-state index in [1.165, 1.54) is 0 Å². The molecule has 0 aromatic carbocycles. The largest absolute Gasteiger partial charge is 0.477 e. The van der Waals surface area contributed by atoms with E-state index in [-0.39, 0.29) is 17.9 Å². The molecule has 0 aromatic rings. The van der Waals surface area contributed by atoms with Crippen molar-refractivity contribution in [1.82, 2.24) is 5.32 Å². The second-order valence-electron chi connectivity index (χ2n) is 6.06. The lowest BCUT2D eigenvalue weighted by Gasteiger charge is -2.28. The number of likely N-dealkylation sites (N-methyl/N-ethyl adjacent to an activating group) is 1. The van der Waals surface area contributed by atoms with Gasteiger partial charge in [-0.2, -0.15) is 0 Å². The fraction of sp³-hybridized carbons (Fsp3) is 0.846. The van der Waals surface area contributed by atoms with Gasteiger partial charge >= 0.3 is 5.97 Å². The summed E-state index contributed by atoms with van der Waals surface area (Å²) in [5.41, 5.74) is -0.328. The summed E-state index contributed by atoms with van der Waals surface area (Å²) in [7, 11) is 3.76. The van der Waals surface area contributed by atoms with E-state index in [0.717, 1.165) is 19.4 Å². The number of nitrogens with one attached hydrogen (secondary N) is 1. The molecule has 0 heterocycles. The van der Waals surface area contributed by atoms with Crippen molar-refractivity contribution in [3.63, 3.8) is 0 Å². The van der Waals surface area contributed by atoms with Crippen LogP contribution in [0.25, 0.3) is 0 Å². The van der Waals surface area contributed by atoms with Gasteiger partial charge in [0.15, 0.2) is 6.54 Å². The summed E-state index contributed by atoms with van der Waals surface area (Å²) in [6, 6.07) is 0. The van der Waals surface area contributed by atoms with Crippen LogP contribution in [0.15, 0.2) is 0 Å². The fourth-order valence-electron chi connectivity index (χ4n) is 1.55. The van der Waals surface area contributed by atoms with Gasteiger partial charge < -0.3 is 14.9 Å². The second kappa shape index (κ2) is 6.73. The molecule has 0 unspecified atom stereocenters. The predicted octanol–water partition coefficient (Wildman–Crippen LogP) is 1.09. The molecule has 0 bridgehead atoms. The summed E-state index contributed by atoms with van der Waals surface area (Å²) in [6.07, 6.45) is 1.59. The third-order valence-electron chi connectivity index (χ3n) is 3.29. The first kappa shape index (κ1) is 16.9. The van der Waals surface area contributed by atoms with Gasteiger partial charge in [-0.1, -0.05) is 20.8 Å². The molecule has 106 valence electrons. The van der Waals surface area contributed by atoms with Crippen LogP contribution in [0.4, 0.5) is 0 Å². The van der Waals surface area contributed by atoms with E-state index in [0.29, 0.717) is 11.0 Å². The minimum absolute atomic E-state index is 0.0635. The van der Waals surface area contributed by atoms with Crippen LogP contribution in [-0.4, -0.2) is 55.2 Å². The number of rotatable bonds is 8. The second-order valence-corrected chi connectivity index (χ2v) is 6.06. The van der Waals surface area contributed by atoms with Gasteiger partial charge in [0.2, 0.25) is 5.91 Å². The maximum absolute atomic E-state index is 11.8. The number of hydrogen-bond acceptors (Lipinski definition) is 2. The molecule has 0 atom stereocenters. The molecule has 0 rings (SSSR count). The van der Waals surface area contributed by atoms with Crippen LogP contribution >= 0.6 is 0 Å². The highest BCUT2D eigenvalue weighted by atomic mass is 16.4. The molecule has 0 fully saturated rings. The first-order valence-electron chi connectivity index (χ1n) is 6.43. The average molecular weight is 259 g/mol. The summed E-state index contributed by atoms with van der Waals surface area (Å²) in [5, 5.41) is 11.7. The number of quaternary nitrogens is 1. The van der Waals surface area contributed by atoms with E-state index in [4.69, 9.17) is 5.11 Å². The minimum atomic E-state index is -0.795. The Balaban J connectivity index is 3.94. The van der Waals surface area contributed by atoms with Gasteiger partial charge in [-0.05, 0) is 6.42 Å². The average Bonchev–Trinajstić information content (AvgIpc) is 2.22. The molecular weight excluding hydrogens is 232 g/mol. The van der Waals surface area contributed by atoms with Gasteiger partial charge in [-0.15, -0.1) is 0 Å². The Morgan fingerprint density at radius 2 is 1.83 bits per heavy atom. The number of amides is 1. The van der Waals surface area contributed by atoms with Crippen molar-refractivity contribution in [3.8, 4) is 0 Å². The zero-order valence-electron chi connectivity index (χ0n) is 12.2. The van der Waals surface area contributed by atoms with Crippen LogP contribution in [0.2, 0.25) is 0 Å². The van der Waals surface area contributed by atoms with Crippen LogP contribution in [0.5, 0.6) is 0 Å². The molecule has 0 saturated heterocycles. The maximum atomic E-state index is 11.8. The molecule has 0 spiro atoms. The molecule has 0 saturated carbocycles. The lowest BCUT2D eigenvalue weighted by molar-refractivity contribution is -0.883.